The maximum absolute atomic E-state index is 12.4. The van der Waals surface area contributed by atoms with Crippen LogP contribution >= 0.6 is 0 Å². The lowest BCUT2D eigenvalue weighted by Crippen LogP contribution is -2.55. The summed E-state index contributed by atoms with van der Waals surface area (Å²) >= 11 is 0. The van der Waals surface area contributed by atoms with Crippen LogP contribution in [0.2, 0.25) is 0 Å². The smallest absolute Gasteiger partial charge is 0.320 e. The van der Waals surface area contributed by atoms with E-state index in [0.29, 0.717) is 58.4 Å². The van der Waals surface area contributed by atoms with Crippen LogP contribution in [0, 0.1) is 0 Å². The monoisotopic (exact) mass is 337 g/mol. The third-order valence-electron chi connectivity index (χ3n) is 4.24. The van der Waals surface area contributed by atoms with Gasteiger partial charge in [0.1, 0.15) is 0 Å². The molecule has 2 aliphatic heterocycles. The van der Waals surface area contributed by atoms with E-state index in [1.807, 2.05) is 13.8 Å². The molecule has 0 spiro atoms. The van der Waals surface area contributed by atoms with Crippen LogP contribution in [0.4, 0.5) is 4.79 Å². The van der Waals surface area contributed by atoms with Gasteiger partial charge in [0.25, 0.3) is 0 Å². The first-order chi connectivity index (χ1) is 11.6. The molecule has 2 aliphatic rings. The van der Waals surface area contributed by atoms with Crippen molar-refractivity contribution in [3.8, 4) is 0 Å². The van der Waals surface area contributed by atoms with Gasteiger partial charge < -0.3 is 23.9 Å². The highest BCUT2D eigenvalue weighted by Gasteiger charge is 2.30. The van der Waals surface area contributed by atoms with E-state index in [9.17, 15) is 9.59 Å². The third kappa shape index (κ3) is 3.50. The van der Waals surface area contributed by atoms with Gasteiger partial charge in [-0.05, 0) is 0 Å². The lowest BCUT2D eigenvalue weighted by molar-refractivity contribution is 0.0356. The van der Waals surface area contributed by atoms with Crippen LogP contribution < -0.4 is 0 Å². The van der Waals surface area contributed by atoms with Gasteiger partial charge in [-0.25, -0.2) is 4.79 Å². The minimum atomic E-state index is -0.270. The third-order valence-corrected chi connectivity index (χ3v) is 4.24. The molecule has 0 aromatic carbocycles. The van der Waals surface area contributed by atoms with E-state index in [1.165, 1.54) is 0 Å². The molecule has 0 aliphatic carbocycles. The molecule has 132 valence electrons. The van der Waals surface area contributed by atoms with Gasteiger partial charge in [-0.15, -0.1) is 10.2 Å². The summed E-state index contributed by atoms with van der Waals surface area (Å²) < 4.78 is 10.7. The van der Waals surface area contributed by atoms with E-state index in [1.54, 1.807) is 14.7 Å². The Balaban J connectivity index is 1.54. The molecule has 2 fully saturated rings. The molecule has 9 heteroatoms. The zero-order chi connectivity index (χ0) is 17.1. The summed E-state index contributed by atoms with van der Waals surface area (Å²) in [5.74, 6) is 0.293. The van der Waals surface area contributed by atoms with Crippen LogP contribution in [-0.4, -0.2) is 89.3 Å². The maximum Gasteiger partial charge on any atom is 0.320 e. The SMILES string of the molecule is CC(C)c1nnc(C(=O)N2CCN(C(=O)N3CCOCC3)CC2)o1. The number of carbonyl (C=O) groups is 2. The fourth-order valence-electron chi connectivity index (χ4n) is 2.75. The molecule has 0 unspecified atom stereocenters. The molecule has 0 saturated carbocycles. The average Bonchev–Trinajstić information content (AvgIpc) is 3.12. The highest BCUT2D eigenvalue weighted by molar-refractivity contribution is 5.89. The lowest BCUT2D eigenvalue weighted by Gasteiger charge is -2.38. The Labute approximate surface area is 140 Å². The highest BCUT2D eigenvalue weighted by atomic mass is 16.5. The quantitative estimate of drug-likeness (QED) is 0.776. The summed E-state index contributed by atoms with van der Waals surface area (Å²) in [7, 11) is 0. The number of hydrogen-bond donors (Lipinski definition) is 0. The second kappa shape index (κ2) is 7.16. The Morgan fingerprint density at radius 3 is 2.08 bits per heavy atom. The second-order valence-electron chi connectivity index (χ2n) is 6.26. The van der Waals surface area contributed by atoms with Crippen LogP contribution in [0.1, 0.15) is 36.3 Å². The zero-order valence-corrected chi connectivity index (χ0v) is 14.1. The highest BCUT2D eigenvalue weighted by Crippen LogP contribution is 2.15. The fourth-order valence-corrected chi connectivity index (χ4v) is 2.75. The Hall–Kier alpha value is -2.16. The second-order valence-corrected chi connectivity index (χ2v) is 6.26. The van der Waals surface area contributed by atoms with Crippen LogP contribution in [0.3, 0.4) is 0 Å². The summed E-state index contributed by atoms with van der Waals surface area (Å²) in [6.45, 7) is 8.22. The first-order valence-electron chi connectivity index (χ1n) is 8.30. The van der Waals surface area contributed by atoms with Gasteiger partial charge >= 0.3 is 17.8 Å². The molecular formula is C15H23N5O4. The number of carbonyl (C=O) groups excluding carboxylic acids is 2. The number of ether oxygens (including phenoxy) is 1. The van der Waals surface area contributed by atoms with Gasteiger partial charge in [-0.2, -0.15) is 0 Å². The van der Waals surface area contributed by atoms with Crippen LogP contribution in [0.15, 0.2) is 4.42 Å². The molecule has 1 aromatic heterocycles. The normalized spacial score (nSPS) is 19.0. The predicted molar refractivity (Wildman–Crippen MR) is 83.7 cm³/mol. The van der Waals surface area contributed by atoms with Crippen molar-refractivity contribution < 1.29 is 18.7 Å². The van der Waals surface area contributed by atoms with Crippen molar-refractivity contribution >= 4 is 11.9 Å². The molecule has 1 aromatic rings. The van der Waals surface area contributed by atoms with Gasteiger partial charge in [-0.1, -0.05) is 13.8 Å². The first kappa shape index (κ1) is 16.7. The molecule has 0 bridgehead atoms. The predicted octanol–water partition coefficient (Wildman–Crippen LogP) is 0.403. The lowest BCUT2D eigenvalue weighted by atomic mass is 10.2. The zero-order valence-electron chi connectivity index (χ0n) is 14.1. The van der Waals surface area contributed by atoms with Crippen LogP contribution in [0.5, 0.6) is 0 Å². The molecule has 3 amide bonds. The average molecular weight is 337 g/mol. The first-order valence-corrected chi connectivity index (χ1v) is 8.30. The Bertz CT molecular complexity index is 588. The van der Waals surface area contributed by atoms with Crippen molar-refractivity contribution in [1.29, 1.82) is 0 Å². The fraction of sp³-hybridized carbons (Fsp3) is 0.733. The number of aromatic nitrogens is 2. The number of piperazine rings is 1. The molecule has 24 heavy (non-hydrogen) atoms. The summed E-state index contributed by atoms with van der Waals surface area (Å²) in [6, 6.07) is 0.0188. The van der Waals surface area contributed by atoms with E-state index >= 15 is 0 Å². The van der Waals surface area contributed by atoms with Crippen molar-refractivity contribution in [2.45, 2.75) is 19.8 Å². The summed E-state index contributed by atoms with van der Waals surface area (Å²) in [4.78, 5) is 30.1. The molecule has 3 rings (SSSR count). The largest absolute Gasteiger partial charge is 0.417 e. The molecule has 0 N–H and O–H groups in total. The van der Waals surface area contributed by atoms with Gasteiger partial charge in [-0.3, -0.25) is 4.79 Å². The van der Waals surface area contributed by atoms with Crippen molar-refractivity contribution in [2.24, 2.45) is 0 Å². The summed E-state index contributed by atoms with van der Waals surface area (Å²) in [5.41, 5.74) is 0. The number of nitrogens with zero attached hydrogens (tertiary/aromatic N) is 5. The molecule has 0 radical (unpaired) electrons. The minimum Gasteiger partial charge on any atom is -0.417 e. The van der Waals surface area contributed by atoms with E-state index < -0.39 is 0 Å². The Morgan fingerprint density at radius 2 is 1.50 bits per heavy atom. The summed E-state index contributed by atoms with van der Waals surface area (Å²) in [5, 5.41) is 7.72. The maximum atomic E-state index is 12.4. The van der Waals surface area contributed by atoms with Crippen LogP contribution in [-0.2, 0) is 4.74 Å². The number of amides is 3. The molecule has 0 atom stereocenters. The van der Waals surface area contributed by atoms with Crippen molar-refractivity contribution in [2.75, 3.05) is 52.5 Å². The molecular weight excluding hydrogens is 314 g/mol. The standard InChI is InChI=1S/C15H23N5O4/c1-11(2)12-16-17-13(24-12)14(21)18-3-5-19(6-4-18)15(22)20-7-9-23-10-8-20/h11H,3-10H2,1-2H3. The minimum absolute atomic E-state index is 0.0188. The number of hydrogen-bond acceptors (Lipinski definition) is 6. The number of morpholine rings is 1. The van der Waals surface area contributed by atoms with E-state index in [4.69, 9.17) is 9.15 Å². The van der Waals surface area contributed by atoms with Crippen LogP contribution in [0.25, 0.3) is 0 Å². The summed E-state index contributed by atoms with van der Waals surface area (Å²) in [6.07, 6.45) is 0. The Morgan fingerprint density at radius 1 is 0.917 bits per heavy atom. The molecule has 9 nitrogen and oxygen atoms in total. The van der Waals surface area contributed by atoms with E-state index in [0.717, 1.165) is 0 Å². The number of urea groups is 1. The van der Waals surface area contributed by atoms with Gasteiger partial charge in [0.05, 0.1) is 13.2 Å². The Kier molecular flexibility index (Phi) is 4.98. The van der Waals surface area contributed by atoms with Crippen molar-refractivity contribution in [3.63, 3.8) is 0 Å². The number of rotatable bonds is 2. The topological polar surface area (TPSA) is 92.0 Å². The van der Waals surface area contributed by atoms with Gasteiger partial charge in [0, 0.05) is 45.2 Å². The van der Waals surface area contributed by atoms with Gasteiger partial charge in [0.15, 0.2) is 0 Å². The van der Waals surface area contributed by atoms with E-state index in [-0.39, 0.29) is 23.7 Å². The van der Waals surface area contributed by atoms with Gasteiger partial charge in [0.2, 0.25) is 5.89 Å². The van der Waals surface area contributed by atoms with Crippen molar-refractivity contribution in [1.82, 2.24) is 24.9 Å². The van der Waals surface area contributed by atoms with Crippen molar-refractivity contribution in [3.05, 3.63) is 11.8 Å². The molecule has 2 saturated heterocycles. The van der Waals surface area contributed by atoms with E-state index in [2.05, 4.69) is 10.2 Å². The molecule has 3 heterocycles.